The molecule has 0 saturated heterocycles. The molecule has 10 nitrogen and oxygen atoms in total. The summed E-state index contributed by atoms with van der Waals surface area (Å²) in [7, 11) is -2.98. The predicted molar refractivity (Wildman–Crippen MR) is 153 cm³/mol. The Morgan fingerprint density at radius 3 is 2.52 bits per heavy atom. The summed E-state index contributed by atoms with van der Waals surface area (Å²) < 4.78 is 36.4. The van der Waals surface area contributed by atoms with Crippen molar-refractivity contribution in [2.75, 3.05) is 24.4 Å². The van der Waals surface area contributed by atoms with Crippen molar-refractivity contribution in [3.8, 4) is 28.7 Å². The molecule has 0 spiro atoms. The first-order valence-corrected chi connectivity index (χ1v) is 14.7. The molecule has 0 aliphatic carbocycles. The molecule has 5 rings (SSSR count). The van der Waals surface area contributed by atoms with Gasteiger partial charge >= 0.3 is 6.01 Å². The molecule has 3 aromatic heterocycles. The third-order valence-electron chi connectivity index (χ3n) is 6.04. The predicted octanol–water partition coefficient (Wildman–Crippen LogP) is 5.07. The first kappa shape index (κ1) is 26.7. The van der Waals surface area contributed by atoms with Crippen LogP contribution in [0.25, 0.3) is 28.0 Å². The largest absolute Gasteiger partial charge is 0.421 e. The Balaban J connectivity index is 1.72. The molecule has 0 fully saturated rings. The number of carbonyl (C=O) groups is 1. The van der Waals surface area contributed by atoms with Gasteiger partial charge in [-0.3, -0.25) is 4.79 Å². The lowest BCUT2D eigenvalue weighted by atomic mass is 10.1. The number of benzene rings is 2. The molecule has 12 heteroatoms. The average molecular weight is 558 g/mol. The minimum atomic E-state index is -2.98. The average Bonchev–Trinajstić information content (AvgIpc) is 3.27. The number of hydrogen-bond donors (Lipinski definition) is 2. The van der Waals surface area contributed by atoms with Gasteiger partial charge in [0.25, 0.3) is 0 Å². The number of nitrogens with two attached hydrogens (primary N) is 1. The molecule has 0 saturated carbocycles. The normalized spacial score (nSPS) is 11.4. The maximum atomic E-state index is 15.4. The van der Waals surface area contributed by atoms with Crippen LogP contribution in [-0.4, -0.2) is 43.7 Å². The number of nitrogens with one attached hydrogen (secondary N) is 1. The fraction of sp³-hybridized carbons (Fsp3) is 0.107. The molecule has 0 unspecified atom stereocenters. The van der Waals surface area contributed by atoms with E-state index < -0.39 is 13.0 Å². The number of aromatic nitrogens is 5. The Kier molecular flexibility index (Phi) is 6.91. The molecule has 2 aromatic carbocycles. The number of carbonyl (C=O) groups excluding carboxylic acids is 1. The van der Waals surface area contributed by atoms with Crippen LogP contribution in [0.3, 0.4) is 0 Å². The van der Waals surface area contributed by atoms with E-state index in [9.17, 15) is 9.36 Å². The highest BCUT2D eigenvalue weighted by Gasteiger charge is 2.30. The zero-order valence-electron chi connectivity index (χ0n) is 21.9. The van der Waals surface area contributed by atoms with Crippen molar-refractivity contribution >= 4 is 40.9 Å². The van der Waals surface area contributed by atoms with E-state index in [1.54, 1.807) is 61.2 Å². The quantitative estimate of drug-likeness (QED) is 0.209. The van der Waals surface area contributed by atoms with Gasteiger partial charge in [-0.2, -0.15) is 0 Å². The van der Waals surface area contributed by atoms with Crippen LogP contribution in [0.15, 0.2) is 73.7 Å². The van der Waals surface area contributed by atoms with E-state index in [0.717, 1.165) is 0 Å². The number of nitrogen functional groups attached to an aromatic ring is 1. The third kappa shape index (κ3) is 5.06. The highest BCUT2D eigenvalue weighted by molar-refractivity contribution is 7.71. The van der Waals surface area contributed by atoms with E-state index in [4.69, 9.17) is 10.5 Å². The minimum Gasteiger partial charge on any atom is -0.421 e. The van der Waals surface area contributed by atoms with Crippen LogP contribution < -0.4 is 21.1 Å². The molecule has 0 aliphatic rings. The SMILES string of the molecule is C=CC(=O)Nc1ccc(-c2c(P(C)(C)=O)c3ncnc(N)c3n2-c2ccc(Oc3nccc(C)n3)c(F)c2)cc1. The van der Waals surface area contributed by atoms with E-state index in [1.165, 1.54) is 30.7 Å². The van der Waals surface area contributed by atoms with Crippen molar-refractivity contribution in [3.63, 3.8) is 0 Å². The van der Waals surface area contributed by atoms with Gasteiger partial charge in [0, 0.05) is 29.3 Å². The van der Waals surface area contributed by atoms with Gasteiger partial charge in [0.2, 0.25) is 5.91 Å². The Hall–Kier alpha value is -4.89. The summed E-state index contributed by atoms with van der Waals surface area (Å²) >= 11 is 0. The Labute approximate surface area is 229 Å². The molecule has 5 aromatic rings. The number of anilines is 2. The highest BCUT2D eigenvalue weighted by atomic mass is 31.2. The molecule has 3 N–H and O–H groups in total. The molecule has 202 valence electrons. The van der Waals surface area contributed by atoms with Crippen molar-refractivity contribution in [1.82, 2.24) is 24.5 Å². The number of aryl methyl sites for hydroxylation is 1. The second-order valence-electron chi connectivity index (χ2n) is 9.31. The first-order chi connectivity index (χ1) is 19.1. The van der Waals surface area contributed by atoms with Crippen molar-refractivity contribution < 1.29 is 18.5 Å². The van der Waals surface area contributed by atoms with E-state index in [0.29, 0.717) is 44.7 Å². The second kappa shape index (κ2) is 10.3. The van der Waals surface area contributed by atoms with Crippen LogP contribution >= 0.6 is 7.14 Å². The summed E-state index contributed by atoms with van der Waals surface area (Å²) in [4.78, 5) is 28.5. The molecule has 3 heterocycles. The molecule has 0 radical (unpaired) electrons. The maximum Gasteiger partial charge on any atom is 0.322 e. The fourth-order valence-corrected chi connectivity index (χ4v) is 5.75. The van der Waals surface area contributed by atoms with Gasteiger partial charge in [0.15, 0.2) is 17.4 Å². The van der Waals surface area contributed by atoms with Crippen LogP contribution in [0.2, 0.25) is 0 Å². The fourth-order valence-electron chi connectivity index (χ4n) is 4.34. The van der Waals surface area contributed by atoms with Crippen LogP contribution in [-0.2, 0) is 9.36 Å². The lowest BCUT2D eigenvalue weighted by Gasteiger charge is -2.16. The maximum absolute atomic E-state index is 15.4. The summed E-state index contributed by atoms with van der Waals surface area (Å²) in [5.74, 6) is -0.970. The van der Waals surface area contributed by atoms with Gasteiger partial charge < -0.3 is 24.9 Å². The number of halogens is 1. The van der Waals surface area contributed by atoms with E-state index in [2.05, 4.69) is 31.8 Å². The molecule has 0 bridgehead atoms. The summed E-state index contributed by atoms with van der Waals surface area (Å²) in [6.45, 7) is 8.50. The van der Waals surface area contributed by atoms with Gasteiger partial charge in [-0.15, -0.1) is 0 Å². The zero-order chi connectivity index (χ0) is 28.6. The van der Waals surface area contributed by atoms with Crippen molar-refractivity contribution in [3.05, 3.63) is 85.2 Å². The second-order valence-corrected chi connectivity index (χ2v) is 12.5. The number of fused-ring (bicyclic) bond motifs is 1. The number of hydrogen-bond acceptors (Lipinski definition) is 8. The monoisotopic (exact) mass is 557 g/mol. The zero-order valence-corrected chi connectivity index (χ0v) is 22.8. The molecular weight excluding hydrogens is 532 g/mol. The number of ether oxygens (including phenoxy) is 1. The van der Waals surface area contributed by atoms with Gasteiger partial charge in [0.1, 0.15) is 24.5 Å². The lowest BCUT2D eigenvalue weighted by molar-refractivity contribution is -0.111. The summed E-state index contributed by atoms with van der Waals surface area (Å²) in [6.07, 6.45) is 4.00. The highest BCUT2D eigenvalue weighted by Crippen LogP contribution is 2.45. The van der Waals surface area contributed by atoms with Crippen LogP contribution in [0.5, 0.6) is 11.8 Å². The van der Waals surface area contributed by atoms with Gasteiger partial charge in [-0.1, -0.05) is 18.7 Å². The van der Waals surface area contributed by atoms with E-state index >= 15 is 4.39 Å². The first-order valence-electron chi connectivity index (χ1n) is 12.1. The van der Waals surface area contributed by atoms with Crippen LogP contribution in [0.4, 0.5) is 15.9 Å². The topological polar surface area (TPSA) is 138 Å². The molecule has 1 amide bonds. The van der Waals surface area contributed by atoms with Gasteiger partial charge in [-0.05, 0) is 62.2 Å². The van der Waals surface area contributed by atoms with Crippen LogP contribution in [0.1, 0.15) is 5.69 Å². The standard InChI is InChI=1S/C28H25FN7O3P/c1-5-22(37)35-18-8-6-17(7-9-18)24-26(40(3,4)38)23-25(27(30)33-15-32-23)36(24)19-10-11-21(20(29)14-19)39-28-31-13-12-16(2)34-28/h5-15H,1H2,2-4H3,(H,35,37)(H2,30,32,33). The molecule has 40 heavy (non-hydrogen) atoms. The minimum absolute atomic E-state index is 0.0141. The molecular formula is C28H25FN7O3P. The number of rotatable bonds is 7. The van der Waals surface area contributed by atoms with Crippen LogP contribution in [0, 0.1) is 12.7 Å². The Bertz CT molecular complexity index is 1830. The summed E-state index contributed by atoms with van der Waals surface area (Å²) in [5.41, 5.74) is 9.84. The van der Waals surface area contributed by atoms with Gasteiger partial charge in [0.05, 0.1) is 11.0 Å². The van der Waals surface area contributed by atoms with E-state index in [-0.39, 0.29) is 23.5 Å². The number of nitrogens with zero attached hydrogens (tertiary/aromatic N) is 5. The van der Waals surface area contributed by atoms with Crippen molar-refractivity contribution in [2.45, 2.75) is 6.92 Å². The number of amides is 1. The Morgan fingerprint density at radius 2 is 1.88 bits per heavy atom. The van der Waals surface area contributed by atoms with E-state index in [1.807, 2.05) is 0 Å². The van der Waals surface area contributed by atoms with Gasteiger partial charge in [-0.25, -0.2) is 24.3 Å². The third-order valence-corrected chi connectivity index (χ3v) is 7.54. The summed E-state index contributed by atoms with van der Waals surface area (Å²) in [5, 5.41) is 3.17. The van der Waals surface area contributed by atoms with Crippen molar-refractivity contribution in [2.24, 2.45) is 0 Å². The molecule has 0 atom stereocenters. The lowest BCUT2D eigenvalue weighted by Crippen LogP contribution is -2.10. The summed E-state index contributed by atoms with van der Waals surface area (Å²) in [6, 6.07) is 13.0. The smallest absolute Gasteiger partial charge is 0.322 e. The van der Waals surface area contributed by atoms with Crippen molar-refractivity contribution in [1.29, 1.82) is 0 Å². The Morgan fingerprint density at radius 1 is 1.12 bits per heavy atom. The molecule has 0 aliphatic heterocycles.